The predicted molar refractivity (Wildman–Crippen MR) is 119 cm³/mol. The van der Waals surface area contributed by atoms with Crippen molar-refractivity contribution in [1.82, 2.24) is 14.5 Å². The molecule has 3 N–H and O–H groups in total. The molecule has 1 unspecified atom stereocenters. The fourth-order valence-electron chi connectivity index (χ4n) is 4.39. The Hall–Kier alpha value is -3.76. The second-order valence-corrected chi connectivity index (χ2v) is 7.81. The van der Waals surface area contributed by atoms with E-state index in [1.165, 1.54) is 12.1 Å². The van der Waals surface area contributed by atoms with Crippen LogP contribution in [0.3, 0.4) is 0 Å². The van der Waals surface area contributed by atoms with Crippen molar-refractivity contribution in [3.63, 3.8) is 0 Å². The van der Waals surface area contributed by atoms with Crippen LogP contribution in [0.2, 0.25) is 0 Å². The number of hydrogen-bond donors (Lipinski definition) is 3. The topological polar surface area (TPSA) is 127 Å². The lowest BCUT2D eigenvalue weighted by Gasteiger charge is -2.24. The molecule has 1 aliphatic heterocycles. The highest BCUT2D eigenvalue weighted by Gasteiger charge is 2.35. The summed E-state index contributed by atoms with van der Waals surface area (Å²) in [6.07, 6.45) is 2.53. The Labute approximate surface area is 181 Å². The van der Waals surface area contributed by atoms with E-state index in [-0.39, 0.29) is 16.8 Å². The molecule has 162 valence electrons. The van der Waals surface area contributed by atoms with Crippen LogP contribution in [-0.4, -0.2) is 26.1 Å². The van der Waals surface area contributed by atoms with Gasteiger partial charge in [0.15, 0.2) is 0 Å². The van der Waals surface area contributed by atoms with Crippen molar-refractivity contribution in [3.8, 4) is 0 Å². The Morgan fingerprint density at radius 1 is 0.938 bits per heavy atom. The summed E-state index contributed by atoms with van der Waals surface area (Å²) in [6.45, 7) is 1.62. The number of amides is 2. The van der Waals surface area contributed by atoms with Crippen molar-refractivity contribution in [1.29, 1.82) is 0 Å². The van der Waals surface area contributed by atoms with Gasteiger partial charge in [-0.1, -0.05) is 18.2 Å². The minimum atomic E-state index is -1.30. The fourth-order valence-corrected chi connectivity index (χ4v) is 4.39. The molecular formula is C23H19N4O5-. The number of carbonyl (C=O) groups excluding carboxylic acids is 2. The number of rotatable bonds is 4. The predicted octanol–water partition coefficient (Wildman–Crippen LogP) is 1.72. The normalized spacial score (nSPS) is 15.4. The number of hydrogen-bond acceptors (Lipinski definition) is 5. The van der Waals surface area contributed by atoms with Crippen molar-refractivity contribution in [3.05, 3.63) is 76.4 Å². The zero-order chi connectivity index (χ0) is 22.7. The molecule has 0 bridgehead atoms. The third-order valence-corrected chi connectivity index (χ3v) is 5.84. The van der Waals surface area contributed by atoms with Crippen molar-refractivity contribution in [2.24, 2.45) is 7.05 Å². The molecule has 0 saturated heterocycles. The highest BCUT2D eigenvalue weighted by molar-refractivity contribution is 6.50. The molecular weight excluding hydrogens is 412 g/mol. The van der Waals surface area contributed by atoms with Crippen LogP contribution in [0, 0.1) is 10.4 Å². The molecule has 9 nitrogen and oxygen atoms in total. The lowest BCUT2D eigenvalue weighted by atomic mass is 9.95. The second-order valence-electron chi connectivity index (χ2n) is 7.81. The molecule has 32 heavy (non-hydrogen) atoms. The average molecular weight is 431 g/mol. The number of para-hydroxylation sites is 1. The molecule has 1 atom stereocenters. The van der Waals surface area contributed by atoms with Crippen LogP contribution in [0.4, 0.5) is 5.69 Å². The highest BCUT2D eigenvalue weighted by atomic mass is 16.8. The lowest BCUT2D eigenvalue weighted by Crippen LogP contribution is -2.96. The third kappa shape index (κ3) is 2.88. The number of aromatic nitrogens is 2. The van der Waals surface area contributed by atoms with Gasteiger partial charge in [-0.05, 0) is 19.1 Å². The third-order valence-electron chi connectivity index (χ3n) is 5.84. The number of aliphatic hydroxyl groups is 1. The van der Waals surface area contributed by atoms with Gasteiger partial charge in [0.1, 0.15) is 11.9 Å². The first-order chi connectivity index (χ1) is 15.3. The monoisotopic (exact) mass is 431 g/mol. The summed E-state index contributed by atoms with van der Waals surface area (Å²) < 4.78 is 3.34. The van der Waals surface area contributed by atoms with E-state index in [2.05, 4.69) is 5.32 Å². The Morgan fingerprint density at radius 2 is 1.56 bits per heavy atom. The average Bonchev–Trinajstić information content (AvgIpc) is 3.38. The van der Waals surface area contributed by atoms with E-state index >= 15 is 0 Å². The van der Waals surface area contributed by atoms with Crippen LogP contribution >= 0.6 is 0 Å². The molecule has 0 saturated carbocycles. The number of fused-ring (bicyclic) bond motifs is 2. The Morgan fingerprint density at radius 3 is 2.22 bits per heavy atom. The van der Waals surface area contributed by atoms with E-state index in [9.17, 15) is 25.1 Å². The Kier molecular flexibility index (Phi) is 4.50. The zero-order valence-electron chi connectivity index (χ0n) is 17.2. The van der Waals surface area contributed by atoms with Gasteiger partial charge >= 0.3 is 0 Å². The molecule has 2 aromatic carbocycles. The van der Waals surface area contributed by atoms with E-state index in [4.69, 9.17) is 0 Å². The van der Waals surface area contributed by atoms with Crippen molar-refractivity contribution in [2.75, 3.05) is 0 Å². The fraction of sp³-hybridized carbons (Fsp3) is 0.130. The maximum Gasteiger partial charge on any atom is 0.259 e. The molecule has 0 fully saturated rings. The van der Waals surface area contributed by atoms with Crippen molar-refractivity contribution < 1.29 is 19.9 Å². The Bertz CT molecular complexity index is 1460. The summed E-state index contributed by atoms with van der Waals surface area (Å²) in [4.78, 5) is 25.8. The van der Waals surface area contributed by atoms with Crippen LogP contribution in [0.15, 0.2) is 54.9 Å². The maximum absolute atomic E-state index is 12.9. The van der Waals surface area contributed by atoms with Gasteiger partial charge in [0, 0.05) is 53.5 Å². The standard InChI is InChI=1S/C23H19N4O5/c1-12(28)26-11-17(14-5-3-4-6-18(14)26)21-20(22(29)24-23(21)30)16-10-25(2)19-9-13(27(31)32)7-8-15(16)19/h3-12,27-28H,1-2H3,(H,24,29,30)/q-1. The molecule has 2 aromatic heterocycles. The summed E-state index contributed by atoms with van der Waals surface area (Å²) in [5.41, 5.74) is 2.80. The van der Waals surface area contributed by atoms with Crippen LogP contribution in [-0.2, 0) is 16.6 Å². The molecule has 4 aromatic rings. The van der Waals surface area contributed by atoms with E-state index < -0.39 is 23.3 Å². The van der Waals surface area contributed by atoms with Crippen LogP contribution in [0.1, 0.15) is 24.3 Å². The van der Waals surface area contributed by atoms with Gasteiger partial charge in [0.25, 0.3) is 11.8 Å². The SMILES string of the molecule is CC(O)n1cc(C2=C(c3cn(C)c4cc([NH+]([O-])[O-])ccc34)C(=O)NC2=O)c2ccccc21. The first-order valence-corrected chi connectivity index (χ1v) is 9.96. The second kappa shape index (κ2) is 7.14. The van der Waals surface area contributed by atoms with Gasteiger partial charge in [0.2, 0.25) is 0 Å². The number of benzene rings is 2. The number of aryl methyl sites for hydroxylation is 1. The van der Waals surface area contributed by atoms with Gasteiger partial charge in [-0.15, -0.1) is 0 Å². The zero-order valence-corrected chi connectivity index (χ0v) is 17.2. The number of imide groups is 1. The molecule has 0 aliphatic carbocycles. The number of aliphatic hydroxyl groups excluding tert-OH is 1. The molecule has 1 aliphatic rings. The molecule has 0 spiro atoms. The molecule has 9 heteroatoms. The lowest BCUT2D eigenvalue weighted by molar-refractivity contribution is -0.715. The largest absolute Gasteiger partial charge is 0.628 e. The number of carbonyl (C=O) groups is 2. The maximum atomic E-state index is 12.9. The summed E-state index contributed by atoms with van der Waals surface area (Å²) in [5, 5.41) is 35.2. The van der Waals surface area contributed by atoms with Gasteiger partial charge in [-0.25, -0.2) is 0 Å². The highest BCUT2D eigenvalue weighted by Crippen LogP contribution is 2.39. The molecule has 0 radical (unpaired) electrons. The first-order valence-electron chi connectivity index (χ1n) is 9.96. The summed E-state index contributed by atoms with van der Waals surface area (Å²) in [5.74, 6) is -1.06. The van der Waals surface area contributed by atoms with Gasteiger partial charge in [0.05, 0.1) is 22.2 Å². The van der Waals surface area contributed by atoms with Crippen molar-refractivity contribution >= 4 is 50.5 Å². The van der Waals surface area contributed by atoms with Gasteiger partial charge < -0.3 is 29.9 Å². The summed E-state index contributed by atoms with van der Waals surface area (Å²) in [6, 6.07) is 11.8. The number of nitrogens with one attached hydrogen (secondary N) is 2. The quantitative estimate of drug-likeness (QED) is 0.335. The number of quaternary nitrogens is 1. The number of nitrogens with zero attached hydrogens (tertiary/aromatic N) is 2. The molecule has 2 amide bonds. The van der Waals surface area contributed by atoms with Gasteiger partial charge in [-0.2, -0.15) is 0 Å². The van der Waals surface area contributed by atoms with Crippen LogP contribution < -0.4 is 10.5 Å². The summed E-state index contributed by atoms with van der Waals surface area (Å²) in [7, 11) is 1.74. The van der Waals surface area contributed by atoms with E-state index in [1.54, 1.807) is 41.6 Å². The smallest absolute Gasteiger partial charge is 0.259 e. The van der Waals surface area contributed by atoms with Gasteiger partial charge in [-0.3, -0.25) is 14.9 Å². The van der Waals surface area contributed by atoms with E-state index in [0.29, 0.717) is 22.0 Å². The molecule has 5 rings (SSSR count). The van der Waals surface area contributed by atoms with Crippen LogP contribution in [0.5, 0.6) is 0 Å². The minimum absolute atomic E-state index is 0.0198. The summed E-state index contributed by atoms with van der Waals surface area (Å²) >= 11 is 0. The first kappa shape index (κ1) is 20.2. The van der Waals surface area contributed by atoms with E-state index in [1.807, 2.05) is 24.3 Å². The van der Waals surface area contributed by atoms with Crippen molar-refractivity contribution in [2.45, 2.75) is 13.2 Å². The Balaban J connectivity index is 1.82. The molecule has 3 heterocycles. The minimum Gasteiger partial charge on any atom is -0.628 e. The van der Waals surface area contributed by atoms with Crippen LogP contribution in [0.25, 0.3) is 33.0 Å². The van der Waals surface area contributed by atoms with E-state index in [0.717, 1.165) is 10.9 Å².